The Kier molecular flexibility index (Phi) is 7.06. The molecule has 0 bridgehead atoms. The highest BCUT2D eigenvalue weighted by Crippen LogP contribution is 2.10. The molecule has 1 rings (SSSR count). The van der Waals surface area contributed by atoms with Crippen LogP contribution in [0.4, 0.5) is 10.1 Å². The Bertz CT molecular complexity index is 291. The van der Waals surface area contributed by atoms with Crippen LogP contribution in [-0.4, -0.2) is 18.1 Å². The molecule has 0 fully saturated rings. The van der Waals surface area contributed by atoms with Crippen LogP contribution < -0.4 is 5.32 Å². The highest BCUT2D eigenvalue weighted by atomic mass is 32.2. The summed E-state index contributed by atoms with van der Waals surface area (Å²) in [6, 6.07) is 6.61. The Morgan fingerprint density at radius 2 is 2.12 bits per heavy atom. The van der Waals surface area contributed by atoms with Gasteiger partial charge in [-0.2, -0.15) is 11.8 Å². The van der Waals surface area contributed by atoms with E-state index in [1.807, 2.05) is 17.8 Å². The van der Waals surface area contributed by atoms with Gasteiger partial charge in [0, 0.05) is 18.0 Å². The smallest absolute Gasteiger partial charge is 0.125 e. The van der Waals surface area contributed by atoms with Gasteiger partial charge in [-0.3, -0.25) is 0 Å². The second-order valence-electron chi connectivity index (χ2n) is 3.76. The fourth-order valence-corrected chi connectivity index (χ4v) is 2.28. The number of hydrogen-bond donors (Lipinski definition) is 1. The van der Waals surface area contributed by atoms with Gasteiger partial charge in [0.05, 0.1) is 0 Å². The Morgan fingerprint density at radius 3 is 2.88 bits per heavy atom. The fourth-order valence-electron chi connectivity index (χ4n) is 1.42. The zero-order chi connectivity index (χ0) is 11.6. The number of unbranched alkanes of at least 4 members (excludes halogenated alkanes) is 2. The molecule has 0 saturated carbocycles. The van der Waals surface area contributed by atoms with Gasteiger partial charge in [0.15, 0.2) is 0 Å². The van der Waals surface area contributed by atoms with Crippen LogP contribution in [0.3, 0.4) is 0 Å². The minimum Gasteiger partial charge on any atom is -0.384 e. The molecule has 0 aliphatic rings. The molecular formula is C13H20FNS. The summed E-state index contributed by atoms with van der Waals surface area (Å²) in [7, 11) is 0. The van der Waals surface area contributed by atoms with Crippen molar-refractivity contribution < 1.29 is 4.39 Å². The monoisotopic (exact) mass is 241 g/mol. The molecule has 0 unspecified atom stereocenters. The average Bonchev–Trinajstić information content (AvgIpc) is 2.28. The summed E-state index contributed by atoms with van der Waals surface area (Å²) in [5, 5.41) is 3.22. The average molecular weight is 241 g/mol. The summed E-state index contributed by atoms with van der Waals surface area (Å²) in [4.78, 5) is 0. The zero-order valence-electron chi connectivity index (χ0n) is 9.84. The largest absolute Gasteiger partial charge is 0.384 e. The Morgan fingerprint density at radius 1 is 1.25 bits per heavy atom. The minimum absolute atomic E-state index is 0.180. The first-order chi connectivity index (χ1) is 7.83. The van der Waals surface area contributed by atoms with E-state index >= 15 is 0 Å². The lowest BCUT2D eigenvalue weighted by Gasteiger charge is -2.06. The Hall–Kier alpha value is -0.700. The number of nitrogens with one attached hydrogen (secondary N) is 1. The molecule has 16 heavy (non-hydrogen) atoms. The molecule has 3 heteroatoms. The molecule has 90 valence electrons. The molecule has 0 aliphatic heterocycles. The van der Waals surface area contributed by atoms with E-state index in [1.165, 1.54) is 37.1 Å². The van der Waals surface area contributed by atoms with Crippen molar-refractivity contribution >= 4 is 17.4 Å². The molecule has 0 saturated heterocycles. The van der Waals surface area contributed by atoms with Crippen LogP contribution in [0, 0.1) is 5.82 Å². The van der Waals surface area contributed by atoms with Crippen molar-refractivity contribution in [1.82, 2.24) is 0 Å². The van der Waals surface area contributed by atoms with E-state index in [-0.39, 0.29) is 5.82 Å². The molecule has 0 radical (unpaired) electrons. The third-order valence-electron chi connectivity index (χ3n) is 2.29. The molecule has 1 nitrogen and oxygen atoms in total. The maximum Gasteiger partial charge on any atom is 0.125 e. The number of benzene rings is 1. The number of thioether (sulfide) groups is 1. The fraction of sp³-hybridized carbons (Fsp3) is 0.538. The van der Waals surface area contributed by atoms with Gasteiger partial charge in [0.2, 0.25) is 0 Å². The van der Waals surface area contributed by atoms with E-state index < -0.39 is 0 Å². The predicted octanol–water partition coefficient (Wildman–Crippen LogP) is 4.16. The quantitative estimate of drug-likeness (QED) is 0.686. The van der Waals surface area contributed by atoms with Crippen LogP contribution in [0.2, 0.25) is 0 Å². The zero-order valence-corrected chi connectivity index (χ0v) is 10.7. The van der Waals surface area contributed by atoms with Gasteiger partial charge in [-0.15, -0.1) is 0 Å². The first-order valence-electron chi connectivity index (χ1n) is 5.90. The van der Waals surface area contributed by atoms with Gasteiger partial charge in [-0.1, -0.05) is 25.8 Å². The first-order valence-corrected chi connectivity index (χ1v) is 7.05. The summed E-state index contributed by atoms with van der Waals surface area (Å²) >= 11 is 1.96. The number of anilines is 1. The summed E-state index contributed by atoms with van der Waals surface area (Å²) in [5.41, 5.74) is 0.870. The number of hydrogen-bond acceptors (Lipinski definition) is 2. The third-order valence-corrected chi connectivity index (χ3v) is 3.36. The van der Waals surface area contributed by atoms with Gasteiger partial charge in [0.1, 0.15) is 5.82 Å². The van der Waals surface area contributed by atoms with Crippen LogP contribution >= 0.6 is 11.8 Å². The highest BCUT2D eigenvalue weighted by Gasteiger charge is 1.94. The summed E-state index contributed by atoms with van der Waals surface area (Å²) < 4.78 is 12.8. The van der Waals surface area contributed by atoms with Crippen LogP contribution in [0.25, 0.3) is 0 Å². The Labute approximate surface area is 102 Å². The van der Waals surface area contributed by atoms with Gasteiger partial charge < -0.3 is 5.32 Å². The SMILES string of the molecule is CCCCCSCCNc1cccc(F)c1. The third kappa shape index (κ3) is 6.01. The Balaban J connectivity index is 2.03. The first kappa shape index (κ1) is 13.4. The lowest BCUT2D eigenvalue weighted by Crippen LogP contribution is -2.04. The van der Waals surface area contributed by atoms with Crippen LogP contribution in [0.1, 0.15) is 26.2 Å². The molecule has 0 heterocycles. The van der Waals surface area contributed by atoms with Crippen LogP contribution in [0.5, 0.6) is 0 Å². The van der Waals surface area contributed by atoms with Crippen molar-refractivity contribution in [2.24, 2.45) is 0 Å². The predicted molar refractivity (Wildman–Crippen MR) is 71.7 cm³/mol. The van der Waals surface area contributed by atoms with Gasteiger partial charge >= 0.3 is 0 Å². The molecule has 0 aliphatic carbocycles. The molecular weight excluding hydrogens is 221 g/mol. The highest BCUT2D eigenvalue weighted by molar-refractivity contribution is 7.99. The van der Waals surface area contributed by atoms with Crippen molar-refractivity contribution in [2.75, 3.05) is 23.4 Å². The second kappa shape index (κ2) is 8.45. The van der Waals surface area contributed by atoms with E-state index in [2.05, 4.69) is 12.2 Å². The lowest BCUT2D eigenvalue weighted by atomic mass is 10.3. The van der Waals surface area contributed by atoms with Crippen molar-refractivity contribution in [1.29, 1.82) is 0 Å². The number of rotatable bonds is 8. The van der Waals surface area contributed by atoms with E-state index in [4.69, 9.17) is 0 Å². The molecule has 1 aromatic carbocycles. The topological polar surface area (TPSA) is 12.0 Å². The van der Waals surface area contributed by atoms with Crippen LogP contribution in [-0.2, 0) is 0 Å². The molecule has 0 amide bonds. The minimum atomic E-state index is -0.180. The molecule has 0 aromatic heterocycles. The second-order valence-corrected chi connectivity index (χ2v) is 4.98. The van der Waals surface area contributed by atoms with Crippen molar-refractivity contribution in [3.63, 3.8) is 0 Å². The normalized spacial score (nSPS) is 10.4. The summed E-state index contributed by atoms with van der Waals surface area (Å²) in [6.45, 7) is 3.12. The van der Waals surface area contributed by atoms with Crippen molar-refractivity contribution in [3.05, 3.63) is 30.1 Å². The van der Waals surface area contributed by atoms with Gasteiger partial charge in [-0.05, 0) is 30.4 Å². The standard InChI is InChI=1S/C13H20FNS/c1-2-3-4-9-16-10-8-15-13-7-5-6-12(14)11-13/h5-7,11,15H,2-4,8-10H2,1H3. The summed E-state index contributed by atoms with van der Waals surface area (Å²) in [5.74, 6) is 2.14. The van der Waals surface area contributed by atoms with Crippen molar-refractivity contribution in [2.45, 2.75) is 26.2 Å². The van der Waals surface area contributed by atoms with Crippen LogP contribution in [0.15, 0.2) is 24.3 Å². The molecule has 0 spiro atoms. The van der Waals surface area contributed by atoms with Gasteiger partial charge in [0.25, 0.3) is 0 Å². The van der Waals surface area contributed by atoms with E-state index in [1.54, 1.807) is 6.07 Å². The van der Waals surface area contributed by atoms with E-state index in [0.29, 0.717) is 0 Å². The maximum atomic E-state index is 12.8. The lowest BCUT2D eigenvalue weighted by molar-refractivity contribution is 0.628. The molecule has 0 atom stereocenters. The van der Waals surface area contributed by atoms with Gasteiger partial charge in [-0.25, -0.2) is 4.39 Å². The molecule has 1 aromatic rings. The molecule has 1 N–H and O–H groups in total. The summed E-state index contributed by atoms with van der Waals surface area (Å²) in [6.07, 6.45) is 3.91. The number of halogens is 1. The van der Waals surface area contributed by atoms with E-state index in [9.17, 15) is 4.39 Å². The van der Waals surface area contributed by atoms with E-state index in [0.717, 1.165) is 18.0 Å². The van der Waals surface area contributed by atoms with Crippen molar-refractivity contribution in [3.8, 4) is 0 Å². The maximum absolute atomic E-state index is 12.8.